The summed E-state index contributed by atoms with van der Waals surface area (Å²) in [5.74, 6) is -5.24. The molecular formula is C41H36BClN4O8S. The van der Waals surface area contributed by atoms with Crippen molar-refractivity contribution < 1.29 is 39.1 Å². The predicted octanol–water partition coefficient (Wildman–Crippen LogP) is 5.09. The highest BCUT2D eigenvalue weighted by Crippen LogP contribution is 2.64. The summed E-state index contributed by atoms with van der Waals surface area (Å²) >= 11 is 7.85. The van der Waals surface area contributed by atoms with Crippen LogP contribution >= 0.6 is 22.9 Å². The lowest BCUT2D eigenvalue weighted by Gasteiger charge is -2.49. The van der Waals surface area contributed by atoms with Gasteiger partial charge in [-0.15, -0.1) is 11.3 Å². The lowest BCUT2D eigenvalue weighted by atomic mass is 9.51. The topological polar surface area (TPSA) is 162 Å². The van der Waals surface area contributed by atoms with Gasteiger partial charge in [-0.25, -0.2) is 4.90 Å². The molecule has 2 aromatic heterocycles. The summed E-state index contributed by atoms with van der Waals surface area (Å²) in [6.45, 7) is 3.74. The Bertz CT molecular complexity index is 2580. The number of allylic oxidation sites excluding steroid dienone is 2. The van der Waals surface area contributed by atoms with Crippen LogP contribution in [-0.2, 0) is 26.2 Å². The number of carbonyl (C=O) groups excluding carboxylic acids is 4. The van der Waals surface area contributed by atoms with Gasteiger partial charge in [-0.2, -0.15) is 5.10 Å². The Morgan fingerprint density at radius 3 is 2.48 bits per heavy atom. The normalized spacial score (nSPS) is 25.8. The van der Waals surface area contributed by atoms with Gasteiger partial charge in [0.25, 0.3) is 0 Å². The first-order valence-corrected chi connectivity index (χ1v) is 19.5. The van der Waals surface area contributed by atoms with Crippen LogP contribution in [0.1, 0.15) is 36.8 Å². The average molecular weight is 791 g/mol. The van der Waals surface area contributed by atoms with Crippen molar-refractivity contribution in [3.63, 3.8) is 0 Å². The fourth-order valence-corrected chi connectivity index (χ4v) is 11.1. The summed E-state index contributed by atoms with van der Waals surface area (Å²) in [6, 6.07) is 18.3. The zero-order valence-electron chi connectivity index (χ0n) is 30.8. The van der Waals surface area contributed by atoms with E-state index in [-0.39, 0.29) is 35.6 Å². The predicted molar refractivity (Wildman–Crippen MR) is 212 cm³/mol. The van der Waals surface area contributed by atoms with Gasteiger partial charge in [0.15, 0.2) is 0 Å². The number of phenols is 1. The van der Waals surface area contributed by atoms with Crippen LogP contribution in [0.2, 0.25) is 5.02 Å². The molecule has 3 aromatic carbocycles. The van der Waals surface area contributed by atoms with Crippen LogP contribution < -0.4 is 20.0 Å². The fraction of sp³-hybridized carbons (Fsp3) is 0.293. The Morgan fingerprint density at radius 2 is 1.75 bits per heavy atom. The van der Waals surface area contributed by atoms with E-state index in [9.17, 15) is 29.5 Å². The number of fused-ring (bicyclic) bond motifs is 5. The Balaban J connectivity index is 1.15. The Hall–Kier alpha value is -5.28. The van der Waals surface area contributed by atoms with Crippen molar-refractivity contribution in [2.75, 3.05) is 16.9 Å². The summed E-state index contributed by atoms with van der Waals surface area (Å²) in [5, 5.41) is 37.6. The summed E-state index contributed by atoms with van der Waals surface area (Å²) in [5.41, 5.74) is 1.62. The number of benzene rings is 3. The lowest BCUT2D eigenvalue weighted by molar-refractivity contribution is -0.131. The number of hydrogen-bond acceptors (Lipinski definition) is 10. The molecule has 4 heterocycles. The van der Waals surface area contributed by atoms with Crippen LogP contribution in [-0.4, -0.2) is 62.8 Å². The number of hydrogen-bond donors (Lipinski definition) is 3. The van der Waals surface area contributed by atoms with Crippen molar-refractivity contribution in [2.24, 2.45) is 36.1 Å². The number of thiophene rings is 1. The van der Waals surface area contributed by atoms with Crippen LogP contribution in [0.3, 0.4) is 0 Å². The molecule has 5 aromatic rings. The number of nitrogens with zero attached hydrogens (tertiary/aromatic N) is 4. The number of carbonyl (C=O) groups is 4. The standard InChI is InChI=1S/C41H36BClN4O8S/c1-19-27-15-21(43)8-13-32(27)56-36(19)30-18-33(45(3)44-30)47-38(50)29-17-28-24(35(41(29,2)40(47)52)25-10-9-23(55-4)16-31(25)48)11-12-26-34(28)39(51)46(37(26)49)22-7-5-6-20(14-22)42(53)54/h5-11,13-16,18,26,28-29,34-35,48,53-54H,12,17H2,1-4H3/t26-,28+,29-,34-,35+,41+/m0/s1. The smallest absolute Gasteiger partial charge is 0.488 e. The zero-order chi connectivity index (χ0) is 39.5. The third-order valence-corrected chi connectivity index (χ3v) is 14.0. The van der Waals surface area contributed by atoms with Gasteiger partial charge in [-0.05, 0) is 85.4 Å². The molecule has 6 atom stereocenters. The molecule has 4 aliphatic rings. The molecule has 0 bridgehead atoms. The fourth-order valence-electron chi connectivity index (χ4n) is 9.77. The van der Waals surface area contributed by atoms with Crippen molar-refractivity contribution >= 4 is 80.7 Å². The van der Waals surface area contributed by atoms with E-state index in [4.69, 9.17) is 21.4 Å². The van der Waals surface area contributed by atoms with Crippen LogP contribution in [0.25, 0.3) is 20.7 Å². The molecule has 4 amide bonds. The molecule has 0 radical (unpaired) electrons. The molecule has 3 N–H and O–H groups in total. The Kier molecular flexibility index (Phi) is 8.37. The second kappa shape index (κ2) is 12.9. The van der Waals surface area contributed by atoms with Gasteiger partial charge in [0.05, 0.1) is 40.8 Å². The van der Waals surface area contributed by atoms with Gasteiger partial charge in [-0.3, -0.25) is 28.8 Å². The summed E-state index contributed by atoms with van der Waals surface area (Å²) in [6.07, 6.45) is 2.22. The third kappa shape index (κ3) is 5.09. The van der Waals surface area contributed by atoms with Gasteiger partial charge in [0, 0.05) is 40.4 Å². The highest BCUT2D eigenvalue weighted by atomic mass is 35.5. The number of phenolic OH excluding ortho intramolecular Hbond substituents is 1. The van der Waals surface area contributed by atoms with Crippen LogP contribution in [0.4, 0.5) is 11.5 Å². The monoisotopic (exact) mass is 790 g/mol. The Morgan fingerprint density at radius 1 is 0.964 bits per heavy atom. The Labute approximate surface area is 330 Å². The number of aromatic hydroxyl groups is 1. The van der Waals surface area contributed by atoms with E-state index in [0.717, 1.165) is 25.4 Å². The van der Waals surface area contributed by atoms with Crippen molar-refractivity contribution in [1.29, 1.82) is 0 Å². The quantitative estimate of drug-likeness (QED) is 0.121. The van der Waals surface area contributed by atoms with Crippen LogP contribution in [0.15, 0.2) is 78.4 Å². The van der Waals surface area contributed by atoms with E-state index in [0.29, 0.717) is 27.6 Å². The maximum atomic E-state index is 15.1. The average Bonchev–Trinajstić information content (AvgIpc) is 3.85. The first-order chi connectivity index (χ1) is 26.7. The van der Waals surface area contributed by atoms with Crippen LogP contribution in [0.5, 0.6) is 11.5 Å². The van der Waals surface area contributed by atoms with Crippen molar-refractivity contribution in [2.45, 2.75) is 32.6 Å². The summed E-state index contributed by atoms with van der Waals surface area (Å²) in [7, 11) is 1.36. The number of rotatable bonds is 6. The van der Waals surface area contributed by atoms with E-state index in [2.05, 4.69) is 0 Å². The summed E-state index contributed by atoms with van der Waals surface area (Å²) < 4.78 is 7.93. The molecule has 56 heavy (non-hydrogen) atoms. The number of anilines is 2. The zero-order valence-corrected chi connectivity index (χ0v) is 32.3. The molecule has 2 saturated heterocycles. The molecule has 0 unspecified atom stereocenters. The van der Waals surface area contributed by atoms with Crippen molar-refractivity contribution in [1.82, 2.24) is 9.78 Å². The third-order valence-electron chi connectivity index (χ3n) is 12.5. The van der Waals surface area contributed by atoms with Gasteiger partial charge in [0.2, 0.25) is 23.6 Å². The molecule has 15 heteroatoms. The molecule has 1 saturated carbocycles. The molecule has 3 fully saturated rings. The molecule has 2 aliphatic carbocycles. The molecule has 0 spiro atoms. The molecular weight excluding hydrogens is 755 g/mol. The second-order valence-corrected chi connectivity index (χ2v) is 16.8. The molecule has 284 valence electrons. The van der Waals surface area contributed by atoms with Crippen molar-refractivity contribution in [3.05, 3.63) is 94.5 Å². The minimum Gasteiger partial charge on any atom is -0.508 e. The first kappa shape index (κ1) is 36.4. The minimum atomic E-state index is -1.80. The van der Waals surface area contributed by atoms with E-state index >= 15 is 4.79 Å². The van der Waals surface area contributed by atoms with Gasteiger partial charge in [-0.1, -0.05) is 41.4 Å². The van der Waals surface area contributed by atoms with Gasteiger partial charge >= 0.3 is 7.12 Å². The molecule has 9 rings (SSSR count). The number of methoxy groups -OCH3 is 1. The maximum Gasteiger partial charge on any atom is 0.488 e. The SMILES string of the molecule is COc1ccc([C@H]2C3=CC[C@@H]4C(=O)N(c5cccc(B(O)O)c5)C(=O)[C@@H]4[C@@H]3C[C@H]3C(=O)N(c4cc(-c5sc6ccc(Cl)cc6c5C)nn4C)C(=O)[C@@]23C)c(O)c1. The number of aromatic nitrogens is 2. The van der Waals surface area contributed by atoms with E-state index < -0.39 is 65.8 Å². The lowest BCUT2D eigenvalue weighted by Crippen LogP contribution is -2.49. The first-order valence-electron chi connectivity index (χ1n) is 18.3. The van der Waals surface area contributed by atoms with E-state index in [1.165, 1.54) is 34.9 Å². The minimum absolute atomic E-state index is 0.112. The molecule has 2 aliphatic heterocycles. The van der Waals surface area contributed by atoms with E-state index in [1.807, 2.05) is 31.2 Å². The number of halogens is 1. The maximum absolute atomic E-state index is 15.1. The second-order valence-electron chi connectivity index (χ2n) is 15.3. The highest BCUT2D eigenvalue weighted by Gasteiger charge is 2.68. The highest BCUT2D eigenvalue weighted by molar-refractivity contribution is 7.22. The number of ether oxygens (including phenoxy) is 1. The van der Waals surface area contributed by atoms with Gasteiger partial charge < -0.3 is 19.9 Å². The van der Waals surface area contributed by atoms with Crippen LogP contribution in [0, 0.1) is 36.0 Å². The largest absolute Gasteiger partial charge is 0.508 e. The number of amides is 4. The number of imide groups is 2. The van der Waals surface area contributed by atoms with E-state index in [1.54, 1.807) is 55.6 Å². The van der Waals surface area contributed by atoms with Gasteiger partial charge in [0.1, 0.15) is 23.0 Å². The summed E-state index contributed by atoms with van der Waals surface area (Å²) in [4.78, 5) is 61.7. The number of aryl methyl sites for hydroxylation is 2. The molecule has 12 nitrogen and oxygen atoms in total. The van der Waals surface area contributed by atoms with Crippen molar-refractivity contribution in [3.8, 4) is 22.1 Å².